The van der Waals surface area contributed by atoms with Gasteiger partial charge in [0, 0.05) is 30.6 Å². The molecule has 122 valence electrons. The number of carbonyl (C=O) groups excluding carboxylic acids is 1. The molecule has 2 unspecified atom stereocenters. The van der Waals surface area contributed by atoms with Crippen LogP contribution in [0, 0.1) is 0 Å². The Bertz CT molecular complexity index is 507. The highest BCUT2D eigenvalue weighted by atomic mass is 35.5. The first-order valence-electron chi connectivity index (χ1n) is 7.61. The summed E-state index contributed by atoms with van der Waals surface area (Å²) in [5.74, 6) is 0.195. The number of likely N-dealkylation sites (tertiary alicyclic amines) is 1. The van der Waals surface area contributed by atoms with Crippen molar-refractivity contribution < 1.29 is 9.53 Å². The fourth-order valence-electron chi connectivity index (χ4n) is 3.21. The number of ether oxygens (including phenoxy) is 1. The van der Waals surface area contributed by atoms with E-state index in [9.17, 15) is 4.79 Å². The Labute approximate surface area is 142 Å². The minimum atomic E-state index is 0. The highest BCUT2D eigenvalue weighted by Crippen LogP contribution is 2.36. The van der Waals surface area contributed by atoms with Gasteiger partial charge in [-0.2, -0.15) is 0 Å². The summed E-state index contributed by atoms with van der Waals surface area (Å²) in [6.45, 7) is 3.00. The minimum absolute atomic E-state index is 0. The van der Waals surface area contributed by atoms with E-state index < -0.39 is 0 Å². The molecule has 0 spiro atoms. The molecule has 1 aromatic carbocycles. The summed E-state index contributed by atoms with van der Waals surface area (Å²) in [6.07, 6.45) is 2.53. The lowest BCUT2D eigenvalue weighted by Gasteiger charge is -2.29. The van der Waals surface area contributed by atoms with E-state index in [0.717, 1.165) is 43.1 Å². The number of hydrogen-bond acceptors (Lipinski definition) is 3. The fraction of sp³-hybridized carbons (Fsp3) is 0.562. The molecule has 0 radical (unpaired) electrons. The molecule has 1 amide bonds. The van der Waals surface area contributed by atoms with Crippen LogP contribution in [0.5, 0.6) is 0 Å². The number of amides is 1. The maximum atomic E-state index is 12.6. The summed E-state index contributed by atoms with van der Waals surface area (Å²) in [6, 6.07) is 8.10. The molecule has 1 N–H and O–H groups in total. The van der Waals surface area contributed by atoms with Crippen LogP contribution in [-0.4, -0.2) is 43.2 Å². The van der Waals surface area contributed by atoms with Crippen molar-refractivity contribution in [2.75, 3.05) is 26.3 Å². The molecular weight excluding hydrogens is 323 g/mol. The van der Waals surface area contributed by atoms with Gasteiger partial charge in [0.25, 0.3) is 0 Å². The van der Waals surface area contributed by atoms with Gasteiger partial charge in [-0.1, -0.05) is 29.8 Å². The Morgan fingerprint density at radius 3 is 2.95 bits per heavy atom. The normalized spacial score (nSPS) is 24.9. The Kier molecular flexibility index (Phi) is 6.50. The fourth-order valence-corrected chi connectivity index (χ4v) is 3.47. The number of benzene rings is 1. The highest BCUT2D eigenvalue weighted by molar-refractivity contribution is 6.31. The Hall–Kier alpha value is -0.810. The van der Waals surface area contributed by atoms with Gasteiger partial charge >= 0.3 is 0 Å². The minimum Gasteiger partial charge on any atom is -0.378 e. The van der Waals surface area contributed by atoms with E-state index in [-0.39, 0.29) is 30.4 Å². The van der Waals surface area contributed by atoms with E-state index in [0.29, 0.717) is 13.0 Å². The van der Waals surface area contributed by atoms with Crippen LogP contribution in [0.1, 0.15) is 30.9 Å². The van der Waals surface area contributed by atoms with Crippen molar-refractivity contribution in [1.29, 1.82) is 0 Å². The lowest BCUT2D eigenvalue weighted by atomic mass is 10.0. The largest absolute Gasteiger partial charge is 0.378 e. The Morgan fingerprint density at radius 1 is 1.41 bits per heavy atom. The quantitative estimate of drug-likeness (QED) is 0.916. The third-order valence-corrected chi connectivity index (χ3v) is 4.60. The van der Waals surface area contributed by atoms with Crippen molar-refractivity contribution in [3.63, 3.8) is 0 Å². The second-order valence-corrected chi connectivity index (χ2v) is 6.10. The molecule has 4 nitrogen and oxygen atoms in total. The highest BCUT2D eigenvalue weighted by Gasteiger charge is 2.32. The summed E-state index contributed by atoms with van der Waals surface area (Å²) in [7, 11) is 0. The topological polar surface area (TPSA) is 41.6 Å². The maximum absolute atomic E-state index is 12.6. The summed E-state index contributed by atoms with van der Waals surface area (Å²) in [5, 5.41) is 4.09. The molecule has 0 aliphatic carbocycles. The van der Waals surface area contributed by atoms with Crippen LogP contribution in [-0.2, 0) is 9.53 Å². The second-order valence-electron chi connectivity index (χ2n) is 5.70. The molecule has 2 aliphatic heterocycles. The van der Waals surface area contributed by atoms with E-state index in [4.69, 9.17) is 16.3 Å². The predicted octanol–water partition coefficient (Wildman–Crippen LogP) is 2.80. The number of halogens is 2. The van der Waals surface area contributed by atoms with Gasteiger partial charge in [0.1, 0.15) is 0 Å². The number of morpholine rings is 1. The molecule has 0 bridgehead atoms. The number of hydrogen-bond donors (Lipinski definition) is 1. The molecule has 3 rings (SSSR count). The van der Waals surface area contributed by atoms with Gasteiger partial charge in [-0.3, -0.25) is 4.79 Å². The third-order valence-electron chi connectivity index (χ3n) is 4.26. The van der Waals surface area contributed by atoms with E-state index in [1.165, 1.54) is 0 Å². The first-order valence-corrected chi connectivity index (χ1v) is 7.98. The van der Waals surface area contributed by atoms with Crippen LogP contribution in [0.3, 0.4) is 0 Å². The van der Waals surface area contributed by atoms with E-state index in [1.807, 2.05) is 29.2 Å². The number of nitrogens with zero attached hydrogens (tertiary/aromatic N) is 1. The number of nitrogens with one attached hydrogen (secondary N) is 1. The van der Waals surface area contributed by atoms with Crippen LogP contribution in [0.25, 0.3) is 0 Å². The molecule has 2 heterocycles. The van der Waals surface area contributed by atoms with Crippen LogP contribution >= 0.6 is 24.0 Å². The number of rotatable bonds is 3. The smallest absolute Gasteiger partial charge is 0.224 e. The van der Waals surface area contributed by atoms with E-state index >= 15 is 0 Å². The van der Waals surface area contributed by atoms with Crippen molar-refractivity contribution in [2.24, 2.45) is 0 Å². The zero-order chi connectivity index (χ0) is 14.7. The zero-order valence-corrected chi connectivity index (χ0v) is 14.0. The molecule has 1 aromatic rings. The van der Waals surface area contributed by atoms with Gasteiger partial charge in [0.05, 0.1) is 19.3 Å². The van der Waals surface area contributed by atoms with Crippen LogP contribution in [0.2, 0.25) is 5.02 Å². The first kappa shape index (κ1) is 17.5. The number of carbonyl (C=O) groups is 1. The van der Waals surface area contributed by atoms with Gasteiger partial charge in [-0.25, -0.2) is 0 Å². The summed E-state index contributed by atoms with van der Waals surface area (Å²) in [5.41, 5.74) is 1.07. The van der Waals surface area contributed by atoms with Crippen molar-refractivity contribution in [3.8, 4) is 0 Å². The molecule has 2 aliphatic rings. The molecule has 6 heteroatoms. The molecule has 0 saturated carbocycles. The van der Waals surface area contributed by atoms with Crippen LogP contribution in [0.15, 0.2) is 24.3 Å². The van der Waals surface area contributed by atoms with Crippen molar-refractivity contribution >= 4 is 29.9 Å². The summed E-state index contributed by atoms with van der Waals surface area (Å²) >= 11 is 6.30. The van der Waals surface area contributed by atoms with E-state index in [1.54, 1.807) is 0 Å². The zero-order valence-electron chi connectivity index (χ0n) is 12.5. The van der Waals surface area contributed by atoms with Gasteiger partial charge < -0.3 is 15.0 Å². The average molecular weight is 345 g/mol. The van der Waals surface area contributed by atoms with E-state index in [2.05, 4.69) is 5.32 Å². The van der Waals surface area contributed by atoms with Gasteiger partial charge in [-0.05, 0) is 24.5 Å². The van der Waals surface area contributed by atoms with Gasteiger partial charge in [-0.15, -0.1) is 12.4 Å². The second kappa shape index (κ2) is 8.16. The molecule has 2 saturated heterocycles. The SMILES string of the molecule is Cl.O=C(CC1COCCN1)N1CCCC1c1ccccc1Cl. The average Bonchev–Trinajstić information content (AvgIpc) is 2.98. The van der Waals surface area contributed by atoms with Crippen LogP contribution in [0.4, 0.5) is 0 Å². The molecule has 2 fully saturated rings. The summed E-state index contributed by atoms with van der Waals surface area (Å²) in [4.78, 5) is 14.6. The van der Waals surface area contributed by atoms with Crippen LogP contribution < -0.4 is 5.32 Å². The van der Waals surface area contributed by atoms with Gasteiger partial charge in [0.15, 0.2) is 0 Å². The lowest BCUT2D eigenvalue weighted by molar-refractivity contribution is -0.133. The predicted molar refractivity (Wildman–Crippen MR) is 89.6 cm³/mol. The standard InChI is InChI=1S/C16H21ClN2O2.ClH/c17-14-5-2-1-4-13(14)15-6-3-8-19(15)16(20)10-12-11-21-9-7-18-12;/h1-2,4-5,12,15,18H,3,6-11H2;1H. The van der Waals surface area contributed by atoms with Crippen molar-refractivity contribution in [3.05, 3.63) is 34.9 Å². The summed E-state index contributed by atoms with van der Waals surface area (Å²) < 4.78 is 5.42. The van der Waals surface area contributed by atoms with Crippen molar-refractivity contribution in [2.45, 2.75) is 31.3 Å². The Balaban J connectivity index is 0.00000176. The lowest BCUT2D eigenvalue weighted by Crippen LogP contribution is -2.45. The Morgan fingerprint density at radius 2 is 2.23 bits per heavy atom. The molecule has 2 atom stereocenters. The first-order chi connectivity index (χ1) is 10.3. The molecule has 0 aromatic heterocycles. The van der Waals surface area contributed by atoms with Gasteiger partial charge in [0.2, 0.25) is 5.91 Å². The van der Waals surface area contributed by atoms with Crippen molar-refractivity contribution in [1.82, 2.24) is 10.2 Å². The maximum Gasteiger partial charge on any atom is 0.224 e. The third kappa shape index (κ3) is 3.93. The monoisotopic (exact) mass is 344 g/mol. The molecule has 22 heavy (non-hydrogen) atoms. The molecular formula is C16H22Cl2N2O2.